The summed E-state index contributed by atoms with van der Waals surface area (Å²) in [6.45, 7) is 18.2. The summed E-state index contributed by atoms with van der Waals surface area (Å²) in [5.74, 6) is -0.122. The van der Waals surface area contributed by atoms with Crippen molar-refractivity contribution in [1.82, 2.24) is 0 Å². The maximum absolute atomic E-state index is 11.8. The first kappa shape index (κ1) is 22.4. The van der Waals surface area contributed by atoms with Gasteiger partial charge in [-0.05, 0) is 28.6 Å². The van der Waals surface area contributed by atoms with Crippen LogP contribution < -0.4 is 0 Å². The highest BCUT2D eigenvalue weighted by molar-refractivity contribution is 6.83. The van der Waals surface area contributed by atoms with Crippen LogP contribution in [-0.4, -0.2) is 48.2 Å². The Labute approximate surface area is 172 Å². The molecular weight excluding hydrogens is 392 g/mol. The SMILES string of the molecule is CC(C)[Si]1(C(C)C)OC[C@H]2O[C@@H]3OC(=O)CC[C@@H]3[C@@H]2O[Si](C(C)C)(C(C)C)O1. The average molecular weight is 431 g/mol. The number of hydrogen-bond acceptors (Lipinski definition) is 6. The van der Waals surface area contributed by atoms with Gasteiger partial charge in [0.25, 0.3) is 0 Å². The molecule has 6 nitrogen and oxygen atoms in total. The van der Waals surface area contributed by atoms with Crippen molar-refractivity contribution < 1.29 is 27.2 Å². The van der Waals surface area contributed by atoms with Gasteiger partial charge in [-0.3, -0.25) is 4.79 Å². The van der Waals surface area contributed by atoms with Crippen LogP contribution in [0.25, 0.3) is 0 Å². The Bertz CT molecular complexity index is 563. The molecule has 8 heteroatoms. The number of rotatable bonds is 4. The van der Waals surface area contributed by atoms with Crippen molar-refractivity contribution in [2.45, 2.75) is 109 Å². The lowest BCUT2D eigenvalue weighted by atomic mass is 9.94. The third-order valence-corrected chi connectivity index (χ3v) is 17.0. The molecule has 0 saturated carbocycles. The van der Waals surface area contributed by atoms with E-state index in [1.165, 1.54) is 0 Å². The summed E-state index contributed by atoms with van der Waals surface area (Å²) < 4.78 is 32.6. The summed E-state index contributed by atoms with van der Waals surface area (Å²) in [5, 5.41) is 0. The topological polar surface area (TPSA) is 63.2 Å². The Hall–Kier alpha value is -0.256. The lowest BCUT2D eigenvalue weighted by molar-refractivity contribution is -0.192. The second-order valence-electron chi connectivity index (χ2n) is 9.79. The number of carbonyl (C=O) groups is 1. The normalized spacial score (nSPS) is 34.9. The monoisotopic (exact) mass is 430 g/mol. The van der Waals surface area contributed by atoms with Crippen LogP contribution in [0.4, 0.5) is 0 Å². The average Bonchev–Trinajstić information content (AvgIpc) is 2.89. The Morgan fingerprint density at radius 3 is 2.00 bits per heavy atom. The third kappa shape index (κ3) is 3.65. The Morgan fingerprint density at radius 1 is 0.893 bits per heavy atom. The molecule has 0 N–H and O–H groups in total. The fourth-order valence-electron chi connectivity index (χ4n) is 5.11. The first-order valence-corrected chi connectivity index (χ1v) is 14.8. The molecule has 0 bridgehead atoms. The molecule has 3 aliphatic heterocycles. The molecule has 162 valence electrons. The number of carbonyl (C=O) groups excluding carboxylic acids is 1. The maximum atomic E-state index is 11.8. The van der Waals surface area contributed by atoms with E-state index in [-0.39, 0.29) is 35.2 Å². The molecule has 0 unspecified atom stereocenters. The molecule has 0 radical (unpaired) electrons. The van der Waals surface area contributed by atoms with Gasteiger partial charge >= 0.3 is 23.1 Å². The van der Waals surface area contributed by atoms with Crippen molar-refractivity contribution in [2.75, 3.05) is 6.61 Å². The van der Waals surface area contributed by atoms with Crippen LogP contribution in [0.5, 0.6) is 0 Å². The molecule has 0 aromatic carbocycles. The Kier molecular flexibility index (Phi) is 6.50. The van der Waals surface area contributed by atoms with Crippen LogP contribution in [0.1, 0.15) is 68.2 Å². The van der Waals surface area contributed by atoms with Crippen molar-refractivity contribution in [2.24, 2.45) is 5.92 Å². The summed E-state index contributed by atoms with van der Waals surface area (Å²) in [4.78, 5) is 11.8. The van der Waals surface area contributed by atoms with Gasteiger partial charge in [0.15, 0.2) is 0 Å². The van der Waals surface area contributed by atoms with Crippen molar-refractivity contribution in [3.8, 4) is 0 Å². The molecule has 4 atom stereocenters. The lowest BCUT2D eigenvalue weighted by Crippen LogP contribution is -2.65. The second-order valence-corrected chi connectivity index (χ2v) is 18.6. The van der Waals surface area contributed by atoms with Gasteiger partial charge in [0.1, 0.15) is 6.10 Å². The number of fused-ring (bicyclic) bond motifs is 3. The number of esters is 1. The minimum atomic E-state index is -2.64. The molecule has 0 aromatic heterocycles. The minimum absolute atomic E-state index is 0.0616. The predicted molar refractivity (Wildman–Crippen MR) is 111 cm³/mol. The zero-order chi connectivity index (χ0) is 20.9. The first-order valence-electron chi connectivity index (χ1n) is 10.9. The predicted octanol–water partition coefficient (Wildman–Crippen LogP) is 4.62. The van der Waals surface area contributed by atoms with E-state index in [1.54, 1.807) is 0 Å². The molecule has 3 aliphatic rings. The van der Waals surface area contributed by atoms with Gasteiger partial charge in [-0.25, -0.2) is 0 Å². The van der Waals surface area contributed by atoms with E-state index in [9.17, 15) is 4.79 Å². The van der Waals surface area contributed by atoms with E-state index in [2.05, 4.69) is 55.4 Å². The highest BCUT2D eigenvalue weighted by atomic mass is 28.5. The minimum Gasteiger partial charge on any atom is -0.435 e. The molecule has 0 spiro atoms. The van der Waals surface area contributed by atoms with Crippen molar-refractivity contribution >= 4 is 23.1 Å². The molecule has 3 rings (SSSR count). The van der Waals surface area contributed by atoms with Crippen LogP contribution in [0.15, 0.2) is 0 Å². The van der Waals surface area contributed by atoms with Crippen LogP contribution in [0.2, 0.25) is 22.2 Å². The highest BCUT2D eigenvalue weighted by Crippen LogP contribution is 2.49. The zero-order valence-corrected chi connectivity index (χ0v) is 20.7. The van der Waals surface area contributed by atoms with Crippen molar-refractivity contribution in [1.29, 1.82) is 0 Å². The van der Waals surface area contributed by atoms with Gasteiger partial charge < -0.3 is 22.4 Å². The highest BCUT2D eigenvalue weighted by Gasteiger charge is 2.62. The van der Waals surface area contributed by atoms with Crippen LogP contribution in [0.3, 0.4) is 0 Å². The van der Waals surface area contributed by atoms with Crippen LogP contribution in [-0.2, 0) is 27.2 Å². The number of hydrogen-bond donors (Lipinski definition) is 0. The smallest absolute Gasteiger partial charge is 0.335 e. The van der Waals surface area contributed by atoms with Gasteiger partial charge in [0, 0.05) is 12.3 Å². The molecule has 3 fully saturated rings. The molecule has 3 saturated heterocycles. The maximum Gasteiger partial charge on any atom is 0.335 e. The second kappa shape index (κ2) is 8.11. The van der Waals surface area contributed by atoms with Gasteiger partial charge in [0.2, 0.25) is 6.29 Å². The van der Waals surface area contributed by atoms with Crippen molar-refractivity contribution in [3.63, 3.8) is 0 Å². The molecule has 0 amide bonds. The van der Waals surface area contributed by atoms with Crippen LogP contribution in [0, 0.1) is 5.92 Å². The zero-order valence-electron chi connectivity index (χ0n) is 18.7. The van der Waals surface area contributed by atoms with Gasteiger partial charge in [0.05, 0.1) is 12.7 Å². The largest absolute Gasteiger partial charge is 0.435 e. The van der Waals surface area contributed by atoms with E-state index in [4.69, 9.17) is 22.4 Å². The molecular formula is C20H38O6Si2. The summed E-state index contributed by atoms with van der Waals surface area (Å²) in [6.07, 6.45) is 0.299. The van der Waals surface area contributed by atoms with Gasteiger partial charge in [-0.1, -0.05) is 55.4 Å². The Morgan fingerprint density at radius 2 is 1.46 bits per heavy atom. The van der Waals surface area contributed by atoms with E-state index < -0.39 is 23.4 Å². The lowest BCUT2D eigenvalue weighted by Gasteiger charge is -2.51. The van der Waals surface area contributed by atoms with E-state index in [1.807, 2.05) is 0 Å². The van der Waals surface area contributed by atoms with Crippen molar-refractivity contribution in [3.05, 3.63) is 0 Å². The third-order valence-electron chi connectivity index (χ3n) is 6.71. The molecule has 28 heavy (non-hydrogen) atoms. The first-order chi connectivity index (χ1) is 13.0. The summed E-state index contributed by atoms with van der Waals surface area (Å²) in [7, 11) is -5.20. The molecule has 0 aromatic rings. The Balaban J connectivity index is 2.03. The molecule has 0 aliphatic carbocycles. The van der Waals surface area contributed by atoms with E-state index in [0.717, 1.165) is 6.42 Å². The quantitative estimate of drug-likeness (QED) is 0.479. The van der Waals surface area contributed by atoms with E-state index >= 15 is 0 Å². The number of ether oxygens (including phenoxy) is 2. The summed E-state index contributed by atoms with van der Waals surface area (Å²) >= 11 is 0. The molecule has 3 heterocycles. The standard InChI is InChI=1S/C20H38O6Si2/c1-12(2)27(13(3)4)22-11-17-19(16-9-10-18(21)24-20(16)23-17)25-28(26-27,14(5)6)15(7)8/h12-17,19-20H,9-11H2,1-8H3/t16-,17-,19+,20-/m1/s1. The summed E-state index contributed by atoms with van der Waals surface area (Å²) in [6, 6.07) is 0. The fraction of sp³-hybridized carbons (Fsp3) is 0.950. The van der Waals surface area contributed by atoms with Gasteiger partial charge in [-0.2, -0.15) is 0 Å². The summed E-state index contributed by atoms with van der Waals surface area (Å²) in [5.41, 5.74) is 1.17. The van der Waals surface area contributed by atoms with Gasteiger partial charge in [-0.15, -0.1) is 0 Å². The van der Waals surface area contributed by atoms with Crippen LogP contribution >= 0.6 is 0 Å². The van der Waals surface area contributed by atoms with E-state index in [0.29, 0.717) is 24.1 Å². The fourth-order valence-corrected chi connectivity index (χ4v) is 16.4.